The monoisotopic (exact) mass is 366 g/mol. The van der Waals surface area contributed by atoms with Crippen molar-refractivity contribution < 1.29 is 9.47 Å². The molecule has 0 amide bonds. The number of alkyl halides is 1. The van der Waals surface area contributed by atoms with Crippen LogP contribution in [-0.2, 0) is 0 Å². The van der Waals surface area contributed by atoms with E-state index in [0.717, 1.165) is 23.5 Å². The van der Waals surface area contributed by atoms with Gasteiger partial charge < -0.3 is 9.47 Å². The first-order chi connectivity index (χ1) is 10.1. The molecule has 0 saturated carbocycles. The Bertz CT molecular complexity index is 657. The molecule has 0 spiro atoms. The zero-order valence-electron chi connectivity index (χ0n) is 11.7. The van der Waals surface area contributed by atoms with Crippen LogP contribution in [0.15, 0.2) is 36.4 Å². The molecule has 0 bridgehead atoms. The second kappa shape index (κ2) is 6.29. The third-order valence-corrected chi connectivity index (χ3v) is 4.82. The van der Waals surface area contributed by atoms with Gasteiger partial charge in [-0.05, 0) is 24.1 Å². The maximum absolute atomic E-state index is 6.43. The summed E-state index contributed by atoms with van der Waals surface area (Å²) in [6, 6.07) is 12.2. The largest absolute Gasteiger partial charge is 0.490 e. The molecule has 1 atom stereocenters. The number of hydrogen-bond acceptors (Lipinski definition) is 2. The fourth-order valence-corrected chi connectivity index (χ4v) is 3.46. The topological polar surface area (TPSA) is 18.5 Å². The molecule has 0 aliphatic carbocycles. The summed E-state index contributed by atoms with van der Waals surface area (Å²) in [5, 5.41) is 0.683. The lowest BCUT2D eigenvalue weighted by molar-refractivity contribution is 0.297. The molecule has 0 N–H and O–H groups in total. The van der Waals surface area contributed by atoms with E-state index in [1.165, 1.54) is 11.1 Å². The van der Waals surface area contributed by atoms with Gasteiger partial charge in [0.25, 0.3) is 0 Å². The third kappa shape index (κ3) is 3.19. The minimum absolute atomic E-state index is 0.0297. The Morgan fingerprint density at radius 3 is 2.52 bits per heavy atom. The van der Waals surface area contributed by atoms with E-state index < -0.39 is 0 Å². The Kier molecular flexibility index (Phi) is 4.41. The highest BCUT2D eigenvalue weighted by Crippen LogP contribution is 2.42. The molecule has 110 valence electrons. The Morgan fingerprint density at radius 2 is 1.81 bits per heavy atom. The number of fused-ring (bicyclic) bond motifs is 1. The van der Waals surface area contributed by atoms with Crippen molar-refractivity contribution in [2.75, 3.05) is 13.2 Å². The zero-order valence-corrected chi connectivity index (χ0v) is 14.1. The molecule has 2 aromatic rings. The summed E-state index contributed by atoms with van der Waals surface area (Å²) in [5.41, 5.74) is 3.39. The molecule has 0 aromatic heterocycles. The van der Waals surface area contributed by atoms with Crippen LogP contribution in [0.4, 0.5) is 0 Å². The van der Waals surface area contributed by atoms with E-state index in [1.807, 2.05) is 12.1 Å². The molecule has 21 heavy (non-hydrogen) atoms. The summed E-state index contributed by atoms with van der Waals surface area (Å²) in [6.07, 6.45) is 0.886. The highest BCUT2D eigenvalue weighted by Gasteiger charge is 2.19. The molecule has 1 heterocycles. The van der Waals surface area contributed by atoms with Crippen LogP contribution in [-0.4, -0.2) is 13.2 Å². The van der Waals surface area contributed by atoms with E-state index in [0.29, 0.717) is 18.2 Å². The maximum atomic E-state index is 6.43. The van der Waals surface area contributed by atoms with E-state index >= 15 is 0 Å². The van der Waals surface area contributed by atoms with Gasteiger partial charge >= 0.3 is 0 Å². The van der Waals surface area contributed by atoms with Crippen molar-refractivity contribution in [3.05, 3.63) is 58.1 Å². The van der Waals surface area contributed by atoms with Gasteiger partial charge in [0.1, 0.15) is 0 Å². The van der Waals surface area contributed by atoms with E-state index in [4.69, 9.17) is 21.1 Å². The van der Waals surface area contributed by atoms with Gasteiger partial charge in [-0.15, -0.1) is 0 Å². The molecule has 1 aliphatic heterocycles. The number of benzene rings is 2. The normalized spacial score (nSPS) is 15.4. The van der Waals surface area contributed by atoms with E-state index in [-0.39, 0.29) is 4.83 Å². The third-order valence-electron chi connectivity index (χ3n) is 3.47. The summed E-state index contributed by atoms with van der Waals surface area (Å²) >= 11 is 10.2. The van der Waals surface area contributed by atoms with Gasteiger partial charge in [0.15, 0.2) is 11.5 Å². The van der Waals surface area contributed by atoms with Gasteiger partial charge in [-0.1, -0.05) is 57.4 Å². The number of rotatable bonds is 2. The number of aryl methyl sites for hydroxylation is 1. The highest BCUT2D eigenvalue weighted by atomic mass is 79.9. The van der Waals surface area contributed by atoms with Crippen molar-refractivity contribution >= 4 is 27.5 Å². The van der Waals surface area contributed by atoms with E-state index in [1.54, 1.807) is 0 Å². The predicted molar refractivity (Wildman–Crippen MR) is 89.0 cm³/mol. The van der Waals surface area contributed by atoms with Crippen molar-refractivity contribution in [2.24, 2.45) is 0 Å². The fraction of sp³-hybridized carbons (Fsp3) is 0.294. The highest BCUT2D eigenvalue weighted by molar-refractivity contribution is 9.09. The van der Waals surface area contributed by atoms with Crippen molar-refractivity contribution in [3.8, 4) is 11.5 Å². The van der Waals surface area contributed by atoms with Gasteiger partial charge in [-0.2, -0.15) is 0 Å². The molecule has 4 heteroatoms. The average molecular weight is 368 g/mol. The van der Waals surface area contributed by atoms with Crippen LogP contribution >= 0.6 is 27.5 Å². The molecule has 0 fully saturated rings. The average Bonchev–Trinajstić information content (AvgIpc) is 2.70. The van der Waals surface area contributed by atoms with Crippen molar-refractivity contribution in [1.29, 1.82) is 0 Å². The van der Waals surface area contributed by atoms with Crippen LogP contribution in [0.3, 0.4) is 0 Å². The zero-order chi connectivity index (χ0) is 14.8. The van der Waals surface area contributed by atoms with Crippen LogP contribution in [0.25, 0.3) is 0 Å². The van der Waals surface area contributed by atoms with Crippen molar-refractivity contribution in [1.82, 2.24) is 0 Å². The SMILES string of the molecule is Cc1cccc(C(Br)c2cc3c(cc2Cl)OCCCO3)c1. The molecule has 1 unspecified atom stereocenters. The molecular weight excluding hydrogens is 352 g/mol. The van der Waals surface area contributed by atoms with Gasteiger partial charge in [0, 0.05) is 17.5 Å². The molecule has 2 nitrogen and oxygen atoms in total. The second-order valence-corrected chi connectivity index (χ2v) is 6.47. The predicted octanol–water partition coefficient (Wildman–Crippen LogP) is 5.29. The van der Waals surface area contributed by atoms with E-state index in [9.17, 15) is 0 Å². The Balaban J connectivity index is 2.00. The van der Waals surface area contributed by atoms with Gasteiger partial charge in [-0.25, -0.2) is 0 Å². The minimum Gasteiger partial charge on any atom is -0.490 e. The van der Waals surface area contributed by atoms with Crippen LogP contribution < -0.4 is 9.47 Å². The summed E-state index contributed by atoms with van der Waals surface area (Å²) in [6.45, 7) is 3.42. The number of ether oxygens (including phenoxy) is 2. The van der Waals surface area contributed by atoms with Gasteiger partial charge in [0.2, 0.25) is 0 Å². The standard InChI is InChI=1S/C17H16BrClO2/c1-11-4-2-5-12(8-11)17(18)13-9-15-16(10-14(13)19)21-7-3-6-20-15/h2,4-5,8-10,17H,3,6-7H2,1H3. The Hall–Kier alpha value is -1.19. The molecule has 2 aromatic carbocycles. The van der Waals surface area contributed by atoms with Gasteiger partial charge in [0.05, 0.1) is 18.0 Å². The first-order valence-electron chi connectivity index (χ1n) is 6.95. The first kappa shape index (κ1) is 14.7. The lowest BCUT2D eigenvalue weighted by Gasteiger charge is -2.16. The Labute approximate surface area is 138 Å². The van der Waals surface area contributed by atoms with E-state index in [2.05, 4.69) is 47.1 Å². The van der Waals surface area contributed by atoms with Crippen LogP contribution in [0.1, 0.15) is 27.9 Å². The summed E-state index contributed by atoms with van der Waals surface area (Å²) in [5.74, 6) is 1.49. The van der Waals surface area contributed by atoms with Crippen LogP contribution in [0.5, 0.6) is 11.5 Å². The quantitative estimate of drug-likeness (QED) is 0.671. The summed E-state index contributed by atoms with van der Waals surface area (Å²) < 4.78 is 11.4. The summed E-state index contributed by atoms with van der Waals surface area (Å²) in [7, 11) is 0. The lowest BCUT2D eigenvalue weighted by atomic mass is 10.0. The van der Waals surface area contributed by atoms with Crippen LogP contribution in [0.2, 0.25) is 5.02 Å². The maximum Gasteiger partial charge on any atom is 0.162 e. The molecule has 0 saturated heterocycles. The minimum atomic E-state index is 0.0297. The van der Waals surface area contributed by atoms with Crippen molar-refractivity contribution in [3.63, 3.8) is 0 Å². The molecular formula is C17H16BrClO2. The van der Waals surface area contributed by atoms with Crippen molar-refractivity contribution in [2.45, 2.75) is 18.2 Å². The Morgan fingerprint density at radius 1 is 1.10 bits per heavy atom. The lowest BCUT2D eigenvalue weighted by Crippen LogP contribution is -1.98. The van der Waals surface area contributed by atoms with Gasteiger partial charge in [-0.3, -0.25) is 0 Å². The smallest absolute Gasteiger partial charge is 0.162 e. The fourth-order valence-electron chi connectivity index (χ4n) is 2.40. The molecule has 3 rings (SSSR count). The molecule has 0 radical (unpaired) electrons. The summed E-state index contributed by atoms with van der Waals surface area (Å²) in [4.78, 5) is 0.0297. The molecule has 1 aliphatic rings. The first-order valence-corrected chi connectivity index (χ1v) is 8.24. The number of halogens is 2. The second-order valence-electron chi connectivity index (χ2n) is 5.15. The van der Waals surface area contributed by atoms with Crippen LogP contribution in [0, 0.1) is 6.92 Å². The number of hydrogen-bond donors (Lipinski definition) is 0.